The van der Waals surface area contributed by atoms with Gasteiger partial charge in [0.05, 0.1) is 6.54 Å². The van der Waals surface area contributed by atoms with E-state index in [1.807, 2.05) is 7.05 Å². The molecule has 1 heterocycles. The number of rotatable bonds is 4. The standard InChI is InChI=1S/C17H24N6O.HI/c1-18-17(20-10-16-21-11-22-23(16)2)19-9-14-13-6-4-3-5-12(13)7-8-15(14)24;/h7-8,11,24H,3-6,9-10H2,1-2H3,(H2,18,19,20);1H. The van der Waals surface area contributed by atoms with Crippen LogP contribution in [0.25, 0.3) is 0 Å². The number of aromatic hydroxyl groups is 1. The second kappa shape index (κ2) is 9.02. The molecule has 0 saturated heterocycles. The number of halogens is 1. The highest BCUT2D eigenvalue weighted by Crippen LogP contribution is 2.30. The molecule has 136 valence electrons. The Morgan fingerprint density at radius 3 is 2.72 bits per heavy atom. The van der Waals surface area contributed by atoms with Gasteiger partial charge in [-0.15, -0.1) is 24.0 Å². The van der Waals surface area contributed by atoms with Crippen molar-refractivity contribution in [2.75, 3.05) is 7.05 Å². The maximum Gasteiger partial charge on any atom is 0.191 e. The normalized spacial score (nSPS) is 13.8. The van der Waals surface area contributed by atoms with E-state index in [4.69, 9.17) is 0 Å². The van der Waals surface area contributed by atoms with Gasteiger partial charge in [-0.3, -0.25) is 9.67 Å². The van der Waals surface area contributed by atoms with Crippen molar-refractivity contribution in [1.82, 2.24) is 25.4 Å². The van der Waals surface area contributed by atoms with E-state index in [0.29, 0.717) is 24.8 Å². The quantitative estimate of drug-likeness (QED) is 0.372. The lowest BCUT2D eigenvalue weighted by molar-refractivity contribution is 0.464. The van der Waals surface area contributed by atoms with Crippen molar-refractivity contribution in [2.24, 2.45) is 12.0 Å². The molecule has 7 nitrogen and oxygen atoms in total. The highest BCUT2D eigenvalue weighted by molar-refractivity contribution is 14.0. The Kier molecular flexibility index (Phi) is 7.03. The van der Waals surface area contributed by atoms with Gasteiger partial charge in [-0.25, -0.2) is 4.98 Å². The fourth-order valence-corrected chi connectivity index (χ4v) is 3.12. The van der Waals surface area contributed by atoms with Crippen LogP contribution in [0.1, 0.15) is 35.4 Å². The monoisotopic (exact) mass is 456 g/mol. The van der Waals surface area contributed by atoms with Crippen LogP contribution in [0, 0.1) is 0 Å². The number of aliphatic imine (C=N–C) groups is 1. The molecular formula is C17H25IN6O. The van der Waals surface area contributed by atoms with E-state index >= 15 is 0 Å². The summed E-state index contributed by atoms with van der Waals surface area (Å²) in [5, 5.41) is 20.8. The zero-order valence-electron chi connectivity index (χ0n) is 14.6. The smallest absolute Gasteiger partial charge is 0.191 e. The summed E-state index contributed by atoms with van der Waals surface area (Å²) in [7, 11) is 3.58. The first-order chi connectivity index (χ1) is 11.7. The van der Waals surface area contributed by atoms with Crippen LogP contribution in [-0.2, 0) is 33.0 Å². The third-order valence-electron chi connectivity index (χ3n) is 4.50. The number of benzene rings is 1. The summed E-state index contributed by atoms with van der Waals surface area (Å²) in [6.07, 6.45) is 6.07. The van der Waals surface area contributed by atoms with Crippen LogP contribution in [0.2, 0.25) is 0 Å². The van der Waals surface area contributed by atoms with Crippen molar-refractivity contribution in [3.05, 3.63) is 41.0 Å². The Hall–Kier alpha value is -1.84. The lowest BCUT2D eigenvalue weighted by atomic mass is 9.88. The first-order valence-electron chi connectivity index (χ1n) is 8.29. The molecule has 0 spiro atoms. The third-order valence-corrected chi connectivity index (χ3v) is 4.50. The minimum atomic E-state index is 0. The molecule has 1 aliphatic rings. The summed E-state index contributed by atoms with van der Waals surface area (Å²) < 4.78 is 1.72. The maximum atomic E-state index is 10.2. The average Bonchev–Trinajstić information content (AvgIpc) is 3.01. The SMILES string of the molecule is CN=C(NCc1c(O)ccc2c1CCCC2)NCc1ncnn1C.I. The molecular weight excluding hydrogens is 431 g/mol. The number of aryl methyl sites for hydroxylation is 2. The van der Waals surface area contributed by atoms with Crippen LogP contribution in [0.4, 0.5) is 0 Å². The number of fused-ring (bicyclic) bond motifs is 1. The molecule has 25 heavy (non-hydrogen) atoms. The van der Waals surface area contributed by atoms with Gasteiger partial charge >= 0.3 is 0 Å². The van der Waals surface area contributed by atoms with Crippen LogP contribution >= 0.6 is 24.0 Å². The van der Waals surface area contributed by atoms with Gasteiger partial charge in [0.1, 0.15) is 17.9 Å². The van der Waals surface area contributed by atoms with Crippen molar-refractivity contribution in [2.45, 2.75) is 38.8 Å². The van der Waals surface area contributed by atoms with E-state index in [0.717, 1.165) is 24.2 Å². The lowest BCUT2D eigenvalue weighted by Gasteiger charge is -2.21. The summed E-state index contributed by atoms with van der Waals surface area (Å²) in [6.45, 7) is 1.09. The molecule has 2 aromatic rings. The average molecular weight is 456 g/mol. The number of aromatic nitrogens is 3. The first kappa shape index (κ1) is 19.5. The van der Waals surface area contributed by atoms with Crippen molar-refractivity contribution in [3.8, 4) is 5.75 Å². The Morgan fingerprint density at radius 2 is 2.00 bits per heavy atom. The summed E-state index contributed by atoms with van der Waals surface area (Å²) >= 11 is 0. The predicted molar refractivity (Wildman–Crippen MR) is 108 cm³/mol. The zero-order chi connectivity index (χ0) is 16.9. The maximum absolute atomic E-state index is 10.2. The van der Waals surface area contributed by atoms with Crippen LogP contribution in [0.3, 0.4) is 0 Å². The molecule has 0 radical (unpaired) electrons. The van der Waals surface area contributed by atoms with Crippen LogP contribution in [0.15, 0.2) is 23.5 Å². The van der Waals surface area contributed by atoms with Gasteiger partial charge in [-0.05, 0) is 42.9 Å². The Morgan fingerprint density at radius 1 is 1.24 bits per heavy atom. The first-order valence-corrected chi connectivity index (χ1v) is 8.29. The third kappa shape index (κ3) is 4.62. The van der Waals surface area contributed by atoms with Gasteiger partial charge in [-0.2, -0.15) is 5.10 Å². The van der Waals surface area contributed by atoms with Gasteiger partial charge in [0.25, 0.3) is 0 Å². The largest absolute Gasteiger partial charge is 0.508 e. The van der Waals surface area contributed by atoms with Crippen LogP contribution < -0.4 is 10.6 Å². The molecule has 0 bridgehead atoms. The van der Waals surface area contributed by atoms with E-state index in [9.17, 15) is 5.11 Å². The summed E-state index contributed by atoms with van der Waals surface area (Å²) in [4.78, 5) is 8.41. The lowest BCUT2D eigenvalue weighted by Crippen LogP contribution is -2.37. The van der Waals surface area contributed by atoms with Crippen molar-refractivity contribution < 1.29 is 5.11 Å². The number of phenolic OH excluding ortho intramolecular Hbond substituents is 1. The van der Waals surface area contributed by atoms with E-state index in [1.54, 1.807) is 17.8 Å². The second-order valence-electron chi connectivity index (χ2n) is 5.99. The van der Waals surface area contributed by atoms with Gasteiger partial charge in [0, 0.05) is 26.2 Å². The van der Waals surface area contributed by atoms with E-state index in [2.05, 4.69) is 31.8 Å². The summed E-state index contributed by atoms with van der Waals surface area (Å²) in [5.41, 5.74) is 3.63. The molecule has 3 rings (SSSR count). The summed E-state index contributed by atoms with van der Waals surface area (Å²) in [6, 6.07) is 3.85. The topological polar surface area (TPSA) is 87.4 Å². The number of hydrogen-bond acceptors (Lipinski definition) is 4. The Bertz CT molecular complexity index is 743. The molecule has 0 saturated carbocycles. The minimum Gasteiger partial charge on any atom is -0.508 e. The zero-order valence-corrected chi connectivity index (χ0v) is 16.9. The number of hydrogen-bond donors (Lipinski definition) is 3. The second-order valence-corrected chi connectivity index (χ2v) is 5.99. The Balaban J connectivity index is 0.00000225. The van der Waals surface area contributed by atoms with Gasteiger partial charge < -0.3 is 15.7 Å². The van der Waals surface area contributed by atoms with Crippen molar-refractivity contribution in [1.29, 1.82) is 0 Å². The number of nitrogens with zero attached hydrogens (tertiary/aromatic N) is 4. The van der Waals surface area contributed by atoms with E-state index < -0.39 is 0 Å². The molecule has 1 aromatic heterocycles. The molecule has 8 heteroatoms. The van der Waals surface area contributed by atoms with Gasteiger partial charge in [-0.1, -0.05) is 6.07 Å². The highest BCUT2D eigenvalue weighted by atomic mass is 127. The fourth-order valence-electron chi connectivity index (χ4n) is 3.12. The molecule has 0 unspecified atom stereocenters. The number of guanidine groups is 1. The molecule has 0 fully saturated rings. The number of nitrogens with one attached hydrogen (secondary N) is 2. The molecule has 1 aliphatic carbocycles. The summed E-state index contributed by atoms with van der Waals surface area (Å²) in [5.74, 6) is 1.86. The predicted octanol–water partition coefficient (Wildman–Crippen LogP) is 1.88. The molecule has 0 atom stereocenters. The molecule has 0 aliphatic heterocycles. The minimum absolute atomic E-state index is 0. The van der Waals surface area contributed by atoms with Crippen molar-refractivity contribution in [3.63, 3.8) is 0 Å². The van der Waals surface area contributed by atoms with Crippen LogP contribution in [-0.4, -0.2) is 32.9 Å². The molecule has 1 aromatic carbocycles. The van der Waals surface area contributed by atoms with Crippen molar-refractivity contribution >= 4 is 29.9 Å². The molecule has 0 amide bonds. The fraction of sp³-hybridized carbons (Fsp3) is 0.471. The van der Waals surface area contributed by atoms with E-state index in [-0.39, 0.29) is 24.0 Å². The van der Waals surface area contributed by atoms with Gasteiger partial charge in [0.2, 0.25) is 0 Å². The highest BCUT2D eigenvalue weighted by Gasteiger charge is 2.16. The van der Waals surface area contributed by atoms with E-state index in [1.165, 1.54) is 30.3 Å². The van der Waals surface area contributed by atoms with Crippen LogP contribution in [0.5, 0.6) is 5.75 Å². The molecule has 3 N–H and O–H groups in total. The Labute approximate surface area is 165 Å². The van der Waals surface area contributed by atoms with Gasteiger partial charge in [0.15, 0.2) is 5.96 Å². The number of phenols is 1.